The van der Waals surface area contributed by atoms with Crippen LogP contribution < -0.4 is 9.47 Å². The quantitative estimate of drug-likeness (QED) is 0.232. The fourth-order valence-electron chi connectivity index (χ4n) is 3.52. The molecule has 2 N–H and O–H groups in total. The highest BCUT2D eigenvalue weighted by atomic mass is 16.5. The molecular weight excluding hydrogens is 538 g/mol. The van der Waals surface area contributed by atoms with E-state index in [1.54, 1.807) is 32.4 Å². The molecule has 0 spiro atoms. The zero-order chi connectivity index (χ0) is 32.7. The molecule has 0 heterocycles. The van der Waals surface area contributed by atoms with Gasteiger partial charge < -0.3 is 19.7 Å². The molecule has 0 saturated heterocycles. The molecule has 0 aliphatic heterocycles. The average Bonchev–Trinajstić information content (AvgIpc) is 2.98. The van der Waals surface area contributed by atoms with Gasteiger partial charge in [-0.1, -0.05) is 66.8 Å². The molecule has 6 nitrogen and oxygen atoms in total. The second-order valence-electron chi connectivity index (χ2n) is 10.2. The molecular formula is C37H49NO5. The molecule has 0 saturated carbocycles. The van der Waals surface area contributed by atoms with Gasteiger partial charge in [-0.2, -0.15) is 0 Å². The molecule has 6 heteroatoms. The fourth-order valence-corrected chi connectivity index (χ4v) is 3.52. The van der Waals surface area contributed by atoms with Gasteiger partial charge in [-0.15, -0.1) is 26.3 Å². The smallest absolute Gasteiger partial charge is 0.408 e. The van der Waals surface area contributed by atoms with Gasteiger partial charge in [-0.25, -0.2) is 4.79 Å². The first-order valence-corrected chi connectivity index (χ1v) is 13.9. The van der Waals surface area contributed by atoms with Gasteiger partial charge in [0, 0.05) is 12.1 Å². The molecule has 0 aliphatic carbocycles. The molecule has 0 atom stereocenters. The summed E-state index contributed by atoms with van der Waals surface area (Å²) in [4.78, 5) is 11.9. The van der Waals surface area contributed by atoms with E-state index in [0.29, 0.717) is 12.3 Å². The van der Waals surface area contributed by atoms with Gasteiger partial charge in [0.25, 0.3) is 0 Å². The number of methoxy groups -OCH3 is 2. The summed E-state index contributed by atoms with van der Waals surface area (Å²) in [6.07, 6.45) is 8.93. The number of aromatic hydroxyl groups is 1. The first kappa shape index (κ1) is 38.3. The highest BCUT2D eigenvalue weighted by molar-refractivity contribution is 5.66. The van der Waals surface area contributed by atoms with Crippen molar-refractivity contribution >= 4 is 6.09 Å². The largest absolute Gasteiger partial charge is 0.508 e. The summed E-state index contributed by atoms with van der Waals surface area (Å²) in [5, 5.41) is 17.6. The number of phenolic OH excluding ortho intramolecular Hbond substituents is 1. The van der Waals surface area contributed by atoms with Crippen LogP contribution in [-0.2, 0) is 19.3 Å². The van der Waals surface area contributed by atoms with Crippen molar-refractivity contribution < 1.29 is 24.5 Å². The number of ether oxygens (including phenoxy) is 2. The van der Waals surface area contributed by atoms with E-state index in [0.717, 1.165) is 30.8 Å². The summed E-state index contributed by atoms with van der Waals surface area (Å²) in [7, 11) is 3.35. The van der Waals surface area contributed by atoms with E-state index in [1.807, 2.05) is 99.7 Å². The standard InChI is InChI=1S/2C10H12O.C9H10O.C8H15NO2/c1-3-6-9-7-4-5-8-10(9)11-2;1-3-4-9-5-7-10(11-2)8-6-9;1-2-3-8-4-6-9(10)7-5-8;1-5-6-9(7(10)11)8(2,3)4/h3-5,7-8H,1,6H2,2H3;3,5-8H,1,4H2,2H3;2,4-7,10H,1,3H2;5H,1,6H2,2-4H3,(H,10,11). The number of para-hydroxylation sites is 1. The maximum absolute atomic E-state index is 10.6. The Morgan fingerprint density at radius 3 is 1.60 bits per heavy atom. The first-order chi connectivity index (χ1) is 20.5. The summed E-state index contributed by atoms with van der Waals surface area (Å²) in [5.74, 6) is 2.15. The molecule has 0 aliphatic rings. The minimum absolute atomic E-state index is 0.313. The monoisotopic (exact) mass is 587 g/mol. The van der Waals surface area contributed by atoms with Crippen molar-refractivity contribution in [2.75, 3.05) is 20.8 Å². The highest BCUT2D eigenvalue weighted by Gasteiger charge is 2.24. The number of allylic oxidation sites excluding steroid dienone is 3. The Balaban J connectivity index is 0.000000547. The van der Waals surface area contributed by atoms with Crippen LogP contribution in [0.1, 0.15) is 37.5 Å². The lowest BCUT2D eigenvalue weighted by molar-refractivity contribution is 0.108. The third-order valence-electron chi connectivity index (χ3n) is 5.76. The number of phenols is 1. The van der Waals surface area contributed by atoms with Crippen molar-refractivity contribution in [2.45, 2.75) is 45.6 Å². The summed E-state index contributed by atoms with van der Waals surface area (Å²) in [6.45, 7) is 20.4. The van der Waals surface area contributed by atoms with E-state index in [-0.39, 0.29) is 5.54 Å². The van der Waals surface area contributed by atoms with Crippen LogP contribution in [0, 0.1) is 0 Å². The number of amides is 1. The van der Waals surface area contributed by atoms with Crippen molar-refractivity contribution in [3.63, 3.8) is 0 Å². The maximum atomic E-state index is 10.6. The van der Waals surface area contributed by atoms with Crippen LogP contribution in [-0.4, -0.2) is 47.5 Å². The SMILES string of the molecule is C=CCN(C(=O)O)C(C)(C)C.C=CCc1ccc(O)cc1.C=CCc1ccc(OC)cc1.C=CCc1ccccc1OC. The summed E-state index contributed by atoms with van der Waals surface area (Å²) in [5.41, 5.74) is 3.28. The number of carbonyl (C=O) groups is 1. The van der Waals surface area contributed by atoms with Crippen LogP contribution in [0.4, 0.5) is 4.79 Å². The van der Waals surface area contributed by atoms with Gasteiger partial charge in [0.1, 0.15) is 17.2 Å². The van der Waals surface area contributed by atoms with Crippen molar-refractivity contribution in [1.29, 1.82) is 0 Å². The molecule has 0 radical (unpaired) electrons. The first-order valence-electron chi connectivity index (χ1n) is 13.9. The zero-order valence-electron chi connectivity index (χ0n) is 26.5. The number of rotatable bonds is 10. The lowest BCUT2D eigenvalue weighted by Gasteiger charge is -2.31. The maximum Gasteiger partial charge on any atom is 0.408 e. The number of benzene rings is 3. The third kappa shape index (κ3) is 17.0. The molecule has 1 amide bonds. The van der Waals surface area contributed by atoms with Crippen LogP contribution in [0.3, 0.4) is 0 Å². The highest BCUT2D eigenvalue weighted by Crippen LogP contribution is 2.17. The van der Waals surface area contributed by atoms with Crippen molar-refractivity contribution in [1.82, 2.24) is 4.90 Å². The second kappa shape index (κ2) is 22.0. The molecule has 3 rings (SSSR count). The van der Waals surface area contributed by atoms with E-state index in [2.05, 4.69) is 26.3 Å². The summed E-state index contributed by atoms with van der Waals surface area (Å²) in [6, 6.07) is 23.1. The molecule has 3 aromatic rings. The molecule has 232 valence electrons. The zero-order valence-corrected chi connectivity index (χ0v) is 26.5. The normalized spacial score (nSPS) is 9.60. The number of carboxylic acid groups (broad SMARTS) is 1. The molecule has 0 fully saturated rings. The molecule has 3 aromatic carbocycles. The van der Waals surface area contributed by atoms with Crippen LogP contribution in [0.5, 0.6) is 17.2 Å². The Labute approximate surface area is 258 Å². The number of nitrogens with zero attached hydrogens (tertiary/aromatic N) is 1. The Bertz CT molecular complexity index is 1230. The van der Waals surface area contributed by atoms with Crippen LogP contribution in [0.2, 0.25) is 0 Å². The molecule has 0 bridgehead atoms. The Hall–Kier alpha value is -4.71. The number of hydrogen-bond donors (Lipinski definition) is 2. The minimum Gasteiger partial charge on any atom is -0.508 e. The predicted octanol–water partition coefficient (Wildman–Crippen LogP) is 8.92. The van der Waals surface area contributed by atoms with E-state index in [4.69, 9.17) is 19.7 Å². The van der Waals surface area contributed by atoms with Crippen LogP contribution >= 0.6 is 0 Å². The molecule has 0 aromatic heterocycles. The van der Waals surface area contributed by atoms with Crippen LogP contribution in [0.25, 0.3) is 0 Å². The predicted molar refractivity (Wildman–Crippen MR) is 180 cm³/mol. The van der Waals surface area contributed by atoms with Gasteiger partial charge >= 0.3 is 6.09 Å². The van der Waals surface area contributed by atoms with Gasteiger partial charge in [0.2, 0.25) is 0 Å². The van der Waals surface area contributed by atoms with Gasteiger partial charge in [0.05, 0.1) is 14.2 Å². The Morgan fingerprint density at radius 2 is 1.23 bits per heavy atom. The minimum atomic E-state index is -0.905. The lowest BCUT2D eigenvalue weighted by atomic mass is 10.1. The second-order valence-corrected chi connectivity index (χ2v) is 10.2. The van der Waals surface area contributed by atoms with E-state index in [1.165, 1.54) is 21.6 Å². The van der Waals surface area contributed by atoms with E-state index < -0.39 is 6.09 Å². The van der Waals surface area contributed by atoms with E-state index >= 15 is 0 Å². The van der Waals surface area contributed by atoms with Crippen molar-refractivity contribution in [3.8, 4) is 17.2 Å². The Morgan fingerprint density at radius 1 is 0.744 bits per heavy atom. The van der Waals surface area contributed by atoms with Gasteiger partial charge in [0.15, 0.2) is 0 Å². The van der Waals surface area contributed by atoms with Crippen LogP contribution in [0.15, 0.2) is 123 Å². The topological polar surface area (TPSA) is 79.2 Å². The average molecular weight is 588 g/mol. The van der Waals surface area contributed by atoms with Gasteiger partial charge in [-0.3, -0.25) is 4.90 Å². The van der Waals surface area contributed by atoms with E-state index in [9.17, 15) is 4.79 Å². The van der Waals surface area contributed by atoms with Gasteiger partial charge in [-0.05, 0) is 87.1 Å². The lowest BCUT2D eigenvalue weighted by Crippen LogP contribution is -2.44. The van der Waals surface area contributed by atoms with Crippen molar-refractivity contribution in [2.24, 2.45) is 0 Å². The summed E-state index contributed by atoms with van der Waals surface area (Å²) >= 11 is 0. The fraction of sp³-hybridized carbons (Fsp3) is 0.270. The van der Waals surface area contributed by atoms with Crippen molar-refractivity contribution in [3.05, 3.63) is 140 Å². The third-order valence-corrected chi connectivity index (χ3v) is 5.76. The summed E-state index contributed by atoms with van der Waals surface area (Å²) < 4.78 is 10.2. The Kier molecular flexibility index (Phi) is 19.6. The molecule has 43 heavy (non-hydrogen) atoms. The number of hydrogen-bond acceptors (Lipinski definition) is 4. The molecule has 0 unspecified atom stereocenters.